The van der Waals surface area contributed by atoms with Crippen molar-refractivity contribution < 1.29 is 41.8 Å². The molecule has 3 aromatic rings. The summed E-state index contributed by atoms with van der Waals surface area (Å²) in [5.41, 5.74) is 0.549. The van der Waals surface area contributed by atoms with Crippen LogP contribution in [-0.4, -0.2) is 95.6 Å². The normalized spacial score (nSPS) is 26.0. The maximum Gasteiger partial charge on any atom is 0.280 e. The number of amides is 4. The zero-order valence-electron chi connectivity index (χ0n) is 32.8. The van der Waals surface area contributed by atoms with E-state index >= 15 is 0 Å². The lowest BCUT2D eigenvalue weighted by atomic mass is 10.0. The number of benzene rings is 1. The lowest BCUT2D eigenvalue weighted by molar-refractivity contribution is -0.141. The van der Waals surface area contributed by atoms with Crippen LogP contribution >= 0.6 is 11.3 Å². The molecule has 57 heavy (non-hydrogen) atoms. The molecule has 1 aromatic carbocycles. The molecule has 2 aromatic heterocycles. The van der Waals surface area contributed by atoms with E-state index in [-0.39, 0.29) is 30.5 Å². The van der Waals surface area contributed by atoms with Gasteiger partial charge in [0.25, 0.3) is 11.8 Å². The van der Waals surface area contributed by atoms with Crippen LogP contribution in [0.25, 0.3) is 10.9 Å². The van der Waals surface area contributed by atoms with Crippen molar-refractivity contribution in [2.45, 2.75) is 121 Å². The van der Waals surface area contributed by atoms with Crippen LogP contribution in [0.5, 0.6) is 17.4 Å². The van der Waals surface area contributed by atoms with Crippen LogP contribution in [0.1, 0.15) is 92.7 Å². The molecule has 7 rings (SSSR count). The fourth-order valence-electron chi connectivity index (χ4n) is 7.68. The van der Waals surface area contributed by atoms with Crippen molar-refractivity contribution in [3.05, 3.63) is 52.0 Å². The zero-order valence-corrected chi connectivity index (χ0v) is 34.5. The average molecular weight is 823 g/mol. The number of pyridine rings is 1. The zero-order chi connectivity index (χ0) is 40.6. The van der Waals surface area contributed by atoms with Gasteiger partial charge in [-0.15, -0.1) is 11.3 Å². The van der Waals surface area contributed by atoms with Crippen molar-refractivity contribution >= 4 is 55.9 Å². The first kappa shape index (κ1) is 40.4. The summed E-state index contributed by atoms with van der Waals surface area (Å²) in [4.78, 5) is 66.9. The molecular formula is C40H50N6O9S2. The number of allylic oxidation sites excluding steroid dienone is 1. The summed E-state index contributed by atoms with van der Waals surface area (Å²) in [5, 5.41) is 7.83. The number of carbonyl (C=O) groups is 4. The second-order valence-corrected chi connectivity index (χ2v) is 18.5. The van der Waals surface area contributed by atoms with Crippen LogP contribution in [0.4, 0.5) is 0 Å². The van der Waals surface area contributed by atoms with Crippen LogP contribution in [0.15, 0.2) is 35.7 Å². The SMILES string of the molecule is COc1ccc2c(O[C@@H]3C[C@H]4C(=O)N[C@]5(C(=O)NS(=O)(=O)C6CC6)C[C@H]5/C=C\CCCCC[C@H](NC(=O)c5nc(C)cs5)C(=O)N4C3)cc(OC(C)C)nc2c1C. The maximum atomic E-state index is 14.7. The third-order valence-corrected chi connectivity index (χ3v) is 13.7. The van der Waals surface area contributed by atoms with E-state index in [1.54, 1.807) is 25.5 Å². The summed E-state index contributed by atoms with van der Waals surface area (Å²) in [6.07, 6.45) is 7.32. The molecule has 15 nitrogen and oxygen atoms in total. The number of thiazole rings is 1. The monoisotopic (exact) mass is 822 g/mol. The van der Waals surface area contributed by atoms with Gasteiger partial charge in [-0.05, 0) is 78.4 Å². The van der Waals surface area contributed by atoms with Crippen molar-refractivity contribution in [3.63, 3.8) is 0 Å². The molecule has 4 aliphatic rings. The third kappa shape index (κ3) is 8.73. The summed E-state index contributed by atoms with van der Waals surface area (Å²) < 4.78 is 46.3. The topological polar surface area (TPSA) is 195 Å². The number of carbonyl (C=O) groups excluding carboxylic acids is 4. The van der Waals surface area contributed by atoms with Gasteiger partial charge in [0, 0.05) is 40.4 Å². The number of ether oxygens (including phenoxy) is 3. The first-order valence-corrected chi connectivity index (χ1v) is 22.0. The Bertz CT molecular complexity index is 2200. The fraction of sp³-hybridized carbons (Fsp3) is 0.550. The Hall–Kier alpha value is -4.77. The molecular weight excluding hydrogens is 773 g/mol. The molecule has 17 heteroatoms. The van der Waals surface area contributed by atoms with E-state index in [1.807, 2.05) is 45.1 Å². The molecule has 2 aliphatic carbocycles. The minimum absolute atomic E-state index is 0.0163. The van der Waals surface area contributed by atoms with Crippen molar-refractivity contribution in [1.82, 2.24) is 30.2 Å². The standard InChI is InChI=1S/C40H50N6O9S2/c1-22(2)54-33-18-32(28-15-16-31(53-5)24(4)34(28)43-33)55-26-17-30-35(47)44-40(39(50)45-57(51,52)27-13-14-27)19-25(40)11-9-7-6-8-10-12-29(38(49)46(30)20-26)42-36(48)37-41-23(3)21-56-37/h9,11,15-16,18,21-22,25-27,29-30H,6-8,10,12-14,17,19-20H2,1-5H3,(H,42,48)(H,44,47)(H,45,50)/b11-9-/t25-,26-,29+,30+,40-/m1/s1. The molecule has 1 saturated heterocycles. The van der Waals surface area contributed by atoms with Crippen molar-refractivity contribution in [2.75, 3.05) is 13.7 Å². The number of hydrogen-bond acceptors (Lipinski definition) is 12. The highest BCUT2D eigenvalue weighted by Crippen LogP contribution is 2.46. The van der Waals surface area contributed by atoms with E-state index in [4.69, 9.17) is 19.2 Å². The molecule has 5 atom stereocenters. The highest BCUT2D eigenvalue weighted by atomic mass is 32.2. The number of methoxy groups -OCH3 is 1. The average Bonchev–Trinajstić information content (AvgIpc) is 4.05. The van der Waals surface area contributed by atoms with E-state index in [0.717, 1.165) is 18.4 Å². The smallest absolute Gasteiger partial charge is 0.280 e. The van der Waals surface area contributed by atoms with Gasteiger partial charge in [0.05, 0.1) is 30.5 Å². The molecule has 306 valence electrons. The maximum absolute atomic E-state index is 14.7. The molecule has 3 N–H and O–H groups in total. The van der Waals surface area contributed by atoms with Crippen molar-refractivity contribution in [3.8, 4) is 17.4 Å². The van der Waals surface area contributed by atoms with Gasteiger partial charge in [-0.25, -0.2) is 18.4 Å². The minimum atomic E-state index is -3.90. The predicted octanol–water partition coefficient (Wildman–Crippen LogP) is 4.25. The number of nitrogens with one attached hydrogen (secondary N) is 3. The number of aromatic nitrogens is 2. The Morgan fingerprint density at radius 2 is 1.86 bits per heavy atom. The highest BCUT2D eigenvalue weighted by molar-refractivity contribution is 7.91. The number of fused-ring (bicyclic) bond motifs is 3. The Kier molecular flexibility index (Phi) is 11.5. The van der Waals surface area contributed by atoms with Crippen LogP contribution < -0.4 is 29.6 Å². The first-order chi connectivity index (χ1) is 27.2. The largest absolute Gasteiger partial charge is 0.496 e. The summed E-state index contributed by atoms with van der Waals surface area (Å²) in [5.74, 6) is -1.41. The Balaban J connectivity index is 1.23. The molecule has 2 saturated carbocycles. The van der Waals surface area contributed by atoms with Crippen LogP contribution in [-0.2, 0) is 24.4 Å². The molecule has 0 unspecified atom stereocenters. The van der Waals surface area contributed by atoms with E-state index in [2.05, 4.69) is 20.3 Å². The van der Waals surface area contributed by atoms with Crippen LogP contribution in [0.2, 0.25) is 0 Å². The Labute approximate surface area is 336 Å². The molecule has 4 amide bonds. The van der Waals surface area contributed by atoms with Gasteiger partial charge in [-0.3, -0.25) is 23.9 Å². The van der Waals surface area contributed by atoms with Gasteiger partial charge >= 0.3 is 0 Å². The lowest BCUT2D eigenvalue weighted by Crippen LogP contribution is -2.58. The van der Waals surface area contributed by atoms with E-state index in [9.17, 15) is 27.6 Å². The van der Waals surface area contributed by atoms with Gasteiger partial charge in [-0.1, -0.05) is 25.0 Å². The second-order valence-electron chi connectivity index (χ2n) is 15.7. The van der Waals surface area contributed by atoms with Crippen molar-refractivity contribution in [1.29, 1.82) is 0 Å². The molecule has 0 radical (unpaired) electrons. The van der Waals surface area contributed by atoms with Gasteiger partial charge < -0.3 is 29.7 Å². The predicted molar refractivity (Wildman–Crippen MR) is 213 cm³/mol. The van der Waals surface area contributed by atoms with Crippen LogP contribution in [0, 0.1) is 19.8 Å². The van der Waals surface area contributed by atoms with Gasteiger partial charge in [0.1, 0.15) is 35.2 Å². The fourth-order valence-corrected chi connectivity index (χ4v) is 9.74. The van der Waals surface area contributed by atoms with E-state index in [0.29, 0.717) is 66.1 Å². The first-order valence-electron chi connectivity index (χ1n) is 19.6. The highest BCUT2D eigenvalue weighted by Gasteiger charge is 2.62. The number of sulfonamides is 1. The van der Waals surface area contributed by atoms with Gasteiger partial charge in [0.2, 0.25) is 27.7 Å². The number of nitrogens with zero attached hydrogens (tertiary/aromatic N) is 3. The molecule has 0 spiro atoms. The summed E-state index contributed by atoms with van der Waals surface area (Å²) in [6, 6.07) is 3.24. The van der Waals surface area contributed by atoms with E-state index < -0.39 is 68.5 Å². The summed E-state index contributed by atoms with van der Waals surface area (Å²) in [7, 11) is -2.33. The van der Waals surface area contributed by atoms with Crippen molar-refractivity contribution in [2.24, 2.45) is 5.92 Å². The lowest BCUT2D eigenvalue weighted by Gasteiger charge is -2.29. The molecule has 4 heterocycles. The molecule has 0 bridgehead atoms. The molecule has 3 fully saturated rings. The summed E-state index contributed by atoms with van der Waals surface area (Å²) >= 11 is 1.18. The summed E-state index contributed by atoms with van der Waals surface area (Å²) in [6.45, 7) is 7.42. The molecule has 2 aliphatic heterocycles. The quantitative estimate of drug-likeness (QED) is 0.248. The minimum Gasteiger partial charge on any atom is -0.496 e. The Morgan fingerprint density at radius 1 is 1.07 bits per heavy atom. The number of hydrogen-bond donors (Lipinski definition) is 3. The number of rotatable bonds is 10. The Morgan fingerprint density at radius 3 is 2.56 bits per heavy atom. The number of aryl methyl sites for hydroxylation is 2. The third-order valence-electron chi connectivity index (χ3n) is 11.0. The van der Waals surface area contributed by atoms with Crippen LogP contribution in [0.3, 0.4) is 0 Å². The van der Waals surface area contributed by atoms with E-state index in [1.165, 1.54) is 16.2 Å². The van der Waals surface area contributed by atoms with Gasteiger partial charge in [0.15, 0.2) is 5.01 Å². The van der Waals surface area contributed by atoms with Gasteiger partial charge in [-0.2, -0.15) is 0 Å². The second kappa shape index (κ2) is 16.2.